The number of anilines is 1. The van der Waals surface area contributed by atoms with E-state index in [9.17, 15) is 9.50 Å². The molecule has 0 bridgehead atoms. The van der Waals surface area contributed by atoms with Gasteiger partial charge in [-0.15, -0.1) is 0 Å². The molecule has 0 unspecified atom stereocenters. The number of aromatic hydroxyl groups is 1. The summed E-state index contributed by atoms with van der Waals surface area (Å²) >= 11 is 0. The third-order valence-electron chi connectivity index (χ3n) is 2.45. The average molecular weight is 232 g/mol. The summed E-state index contributed by atoms with van der Waals surface area (Å²) in [6, 6.07) is 8.31. The number of phenols is 1. The van der Waals surface area contributed by atoms with Gasteiger partial charge in [0, 0.05) is 12.1 Å². The number of halogens is 1. The van der Waals surface area contributed by atoms with Crippen molar-refractivity contribution >= 4 is 5.69 Å². The van der Waals surface area contributed by atoms with Gasteiger partial charge in [-0.2, -0.15) is 4.39 Å². The number of hydrogen-bond acceptors (Lipinski definition) is 3. The van der Waals surface area contributed by atoms with Crippen LogP contribution in [0.5, 0.6) is 5.75 Å². The van der Waals surface area contributed by atoms with Gasteiger partial charge in [-0.3, -0.25) is 0 Å². The standard InChI is InChI=1S/C13H13FN2O/c1-9-2-4-12(17)10(6-9)7-15-11-3-5-13(14)16-8-11/h2-6,8,15,17H,7H2,1H3. The van der Waals surface area contributed by atoms with Crippen molar-refractivity contribution in [3.05, 3.63) is 53.6 Å². The van der Waals surface area contributed by atoms with Gasteiger partial charge in [-0.1, -0.05) is 17.7 Å². The molecule has 0 aliphatic rings. The van der Waals surface area contributed by atoms with Crippen molar-refractivity contribution in [2.24, 2.45) is 0 Å². The summed E-state index contributed by atoms with van der Waals surface area (Å²) in [5.41, 5.74) is 2.60. The van der Waals surface area contributed by atoms with Crippen molar-refractivity contribution < 1.29 is 9.50 Å². The summed E-state index contributed by atoms with van der Waals surface area (Å²) in [5.74, 6) is -0.257. The zero-order valence-electron chi connectivity index (χ0n) is 9.44. The lowest BCUT2D eigenvalue weighted by Gasteiger charge is -2.08. The van der Waals surface area contributed by atoms with E-state index in [0.29, 0.717) is 12.2 Å². The van der Waals surface area contributed by atoms with Crippen molar-refractivity contribution in [3.8, 4) is 5.75 Å². The van der Waals surface area contributed by atoms with Crippen LogP contribution >= 0.6 is 0 Å². The lowest BCUT2D eigenvalue weighted by molar-refractivity contribution is 0.469. The third-order valence-corrected chi connectivity index (χ3v) is 2.45. The number of nitrogens with zero attached hydrogens (tertiary/aromatic N) is 1. The van der Waals surface area contributed by atoms with E-state index in [0.717, 1.165) is 11.1 Å². The zero-order valence-corrected chi connectivity index (χ0v) is 9.44. The van der Waals surface area contributed by atoms with Crippen molar-refractivity contribution in [1.82, 2.24) is 4.98 Å². The predicted octanol–water partition coefficient (Wildman–Crippen LogP) is 2.85. The third kappa shape index (κ3) is 2.93. The number of aryl methyl sites for hydroxylation is 1. The van der Waals surface area contributed by atoms with Crippen LogP contribution in [0.2, 0.25) is 0 Å². The van der Waals surface area contributed by atoms with Gasteiger partial charge in [0.15, 0.2) is 0 Å². The first-order chi connectivity index (χ1) is 8.15. The molecule has 0 radical (unpaired) electrons. The highest BCUT2D eigenvalue weighted by Crippen LogP contribution is 2.19. The highest BCUT2D eigenvalue weighted by molar-refractivity contribution is 5.43. The fourth-order valence-corrected chi connectivity index (χ4v) is 1.53. The number of benzene rings is 1. The van der Waals surface area contributed by atoms with Crippen molar-refractivity contribution in [1.29, 1.82) is 0 Å². The maximum atomic E-state index is 12.6. The Morgan fingerprint density at radius 1 is 1.29 bits per heavy atom. The molecule has 2 rings (SSSR count). The van der Waals surface area contributed by atoms with Gasteiger partial charge < -0.3 is 10.4 Å². The van der Waals surface area contributed by atoms with Gasteiger partial charge in [0.2, 0.25) is 5.95 Å². The van der Waals surface area contributed by atoms with E-state index < -0.39 is 5.95 Å². The highest BCUT2D eigenvalue weighted by atomic mass is 19.1. The van der Waals surface area contributed by atoms with Gasteiger partial charge in [-0.25, -0.2) is 4.98 Å². The summed E-state index contributed by atoms with van der Waals surface area (Å²) in [6.45, 7) is 2.43. The van der Waals surface area contributed by atoms with Crippen LogP contribution in [-0.2, 0) is 6.54 Å². The van der Waals surface area contributed by atoms with E-state index in [1.165, 1.54) is 12.3 Å². The molecule has 4 heteroatoms. The molecule has 0 amide bonds. The molecule has 0 spiro atoms. The molecule has 88 valence electrons. The largest absolute Gasteiger partial charge is 0.508 e. The summed E-state index contributed by atoms with van der Waals surface area (Å²) in [4.78, 5) is 3.54. The first-order valence-corrected chi connectivity index (χ1v) is 5.29. The van der Waals surface area contributed by atoms with Crippen LogP contribution in [0.4, 0.5) is 10.1 Å². The summed E-state index contributed by atoms with van der Waals surface area (Å²) in [7, 11) is 0. The van der Waals surface area contributed by atoms with E-state index in [1.54, 1.807) is 12.1 Å². The SMILES string of the molecule is Cc1ccc(O)c(CNc2ccc(F)nc2)c1. The number of hydrogen-bond donors (Lipinski definition) is 2. The molecule has 1 aromatic heterocycles. The van der Waals surface area contributed by atoms with Crippen LogP contribution in [-0.4, -0.2) is 10.1 Å². The predicted molar refractivity (Wildman–Crippen MR) is 64.4 cm³/mol. The summed E-state index contributed by atoms with van der Waals surface area (Å²) in [6.07, 6.45) is 1.42. The molecule has 3 nitrogen and oxygen atoms in total. The second-order valence-electron chi connectivity index (χ2n) is 3.86. The first kappa shape index (κ1) is 11.4. The number of nitrogens with one attached hydrogen (secondary N) is 1. The van der Waals surface area contributed by atoms with E-state index in [4.69, 9.17) is 0 Å². The second-order valence-corrected chi connectivity index (χ2v) is 3.86. The normalized spacial score (nSPS) is 10.2. The van der Waals surface area contributed by atoms with Gasteiger partial charge in [0.1, 0.15) is 5.75 Å². The number of pyridine rings is 1. The zero-order chi connectivity index (χ0) is 12.3. The minimum atomic E-state index is -0.506. The summed E-state index contributed by atoms with van der Waals surface area (Å²) in [5, 5.41) is 12.7. The van der Waals surface area contributed by atoms with Crippen molar-refractivity contribution in [2.45, 2.75) is 13.5 Å². The first-order valence-electron chi connectivity index (χ1n) is 5.29. The van der Waals surface area contributed by atoms with Crippen molar-refractivity contribution in [2.75, 3.05) is 5.32 Å². The molecule has 2 aromatic rings. The van der Waals surface area contributed by atoms with E-state index >= 15 is 0 Å². The number of aromatic nitrogens is 1. The lowest BCUT2D eigenvalue weighted by Crippen LogP contribution is -2.00. The van der Waals surface area contributed by atoms with Crippen molar-refractivity contribution in [3.63, 3.8) is 0 Å². The van der Waals surface area contributed by atoms with Crippen LogP contribution in [0.3, 0.4) is 0 Å². The Labute approximate surface area is 98.9 Å². The maximum Gasteiger partial charge on any atom is 0.212 e. The minimum absolute atomic E-state index is 0.248. The Hall–Kier alpha value is -2.10. The quantitative estimate of drug-likeness (QED) is 0.800. The highest BCUT2D eigenvalue weighted by Gasteiger charge is 2.01. The fourth-order valence-electron chi connectivity index (χ4n) is 1.53. The number of rotatable bonds is 3. The maximum absolute atomic E-state index is 12.6. The molecule has 0 saturated heterocycles. The Bertz CT molecular complexity index is 511. The van der Waals surface area contributed by atoms with E-state index in [2.05, 4.69) is 10.3 Å². The van der Waals surface area contributed by atoms with Gasteiger partial charge in [0.25, 0.3) is 0 Å². The van der Waals surface area contributed by atoms with Crippen LogP contribution in [0.1, 0.15) is 11.1 Å². The summed E-state index contributed by atoms with van der Waals surface area (Å²) < 4.78 is 12.6. The fraction of sp³-hybridized carbons (Fsp3) is 0.154. The van der Waals surface area contributed by atoms with E-state index in [-0.39, 0.29) is 5.75 Å². The molecule has 0 atom stereocenters. The molecule has 1 aromatic carbocycles. The molecule has 0 saturated carbocycles. The van der Waals surface area contributed by atoms with Gasteiger partial charge in [0.05, 0.1) is 11.9 Å². The number of phenolic OH excluding ortho intramolecular Hbond substituents is 1. The average Bonchev–Trinajstić information content (AvgIpc) is 2.32. The second kappa shape index (κ2) is 4.82. The topological polar surface area (TPSA) is 45.1 Å². The van der Waals surface area contributed by atoms with Crippen LogP contribution in [0, 0.1) is 12.9 Å². The molecule has 2 N–H and O–H groups in total. The smallest absolute Gasteiger partial charge is 0.212 e. The van der Waals surface area contributed by atoms with Crippen LogP contribution in [0.25, 0.3) is 0 Å². The van der Waals surface area contributed by atoms with Crippen LogP contribution in [0.15, 0.2) is 36.5 Å². The van der Waals surface area contributed by atoms with E-state index in [1.807, 2.05) is 19.1 Å². The Morgan fingerprint density at radius 3 is 2.82 bits per heavy atom. The molecule has 0 aliphatic carbocycles. The molecule has 0 aliphatic heterocycles. The monoisotopic (exact) mass is 232 g/mol. The molecule has 17 heavy (non-hydrogen) atoms. The Kier molecular flexibility index (Phi) is 3.23. The molecular weight excluding hydrogens is 219 g/mol. The Balaban J connectivity index is 2.07. The molecule has 1 heterocycles. The minimum Gasteiger partial charge on any atom is -0.508 e. The lowest BCUT2D eigenvalue weighted by atomic mass is 10.1. The van der Waals surface area contributed by atoms with Gasteiger partial charge in [-0.05, 0) is 25.1 Å². The molecular formula is C13H13FN2O. The Morgan fingerprint density at radius 2 is 2.12 bits per heavy atom. The van der Waals surface area contributed by atoms with Crippen LogP contribution < -0.4 is 5.32 Å². The molecule has 0 fully saturated rings. The van der Waals surface area contributed by atoms with Gasteiger partial charge >= 0.3 is 0 Å².